The second-order valence-electron chi connectivity index (χ2n) is 4.40. The van der Waals surface area contributed by atoms with Crippen LogP contribution in [0.5, 0.6) is 0 Å². The van der Waals surface area contributed by atoms with Gasteiger partial charge in [-0.1, -0.05) is 13.3 Å². The zero-order valence-electron chi connectivity index (χ0n) is 11.0. The van der Waals surface area contributed by atoms with Crippen LogP contribution in [0.25, 0.3) is 0 Å². The van der Waals surface area contributed by atoms with Gasteiger partial charge < -0.3 is 20.5 Å². The first-order chi connectivity index (χ1) is 8.24. The molecule has 1 fully saturated rings. The molecule has 0 radical (unpaired) electrons. The van der Waals surface area contributed by atoms with E-state index in [-0.39, 0.29) is 30.5 Å². The molecular weight excluding hydrogens is 256 g/mol. The number of halogens is 1. The third kappa shape index (κ3) is 7.16. The molecule has 1 aliphatic rings. The maximum atomic E-state index is 11.5. The van der Waals surface area contributed by atoms with Crippen molar-refractivity contribution in [3.63, 3.8) is 0 Å². The number of hydrogen-bond acceptors (Lipinski definition) is 4. The van der Waals surface area contributed by atoms with Crippen LogP contribution in [0.2, 0.25) is 0 Å². The average molecular weight is 281 g/mol. The van der Waals surface area contributed by atoms with Gasteiger partial charge in [0.25, 0.3) is 0 Å². The molecule has 108 valence electrons. The van der Waals surface area contributed by atoms with Crippen LogP contribution < -0.4 is 11.1 Å². The van der Waals surface area contributed by atoms with Crippen LogP contribution in [0.1, 0.15) is 32.6 Å². The van der Waals surface area contributed by atoms with Gasteiger partial charge in [0.05, 0.1) is 18.8 Å². The van der Waals surface area contributed by atoms with Gasteiger partial charge in [0.2, 0.25) is 5.91 Å². The minimum absolute atomic E-state index is 0. The van der Waals surface area contributed by atoms with Crippen molar-refractivity contribution >= 4 is 18.3 Å². The van der Waals surface area contributed by atoms with E-state index < -0.39 is 0 Å². The molecule has 0 aromatic rings. The maximum Gasteiger partial charge on any atom is 0.236 e. The molecule has 2 atom stereocenters. The van der Waals surface area contributed by atoms with Gasteiger partial charge in [-0.05, 0) is 19.3 Å². The minimum atomic E-state index is -0.371. The fourth-order valence-corrected chi connectivity index (χ4v) is 1.75. The second-order valence-corrected chi connectivity index (χ2v) is 4.40. The molecule has 0 spiro atoms. The number of nitrogens with two attached hydrogens (primary N) is 1. The van der Waals surface area contributed by atoms with Crippen molar-refractivity contribution in [3.8, 4) is 0 Å². The van der Waals surface area contributed by atoms with E-state index in [1.807, 2.05) is 6.92 Å². The van der Waals surface area contributed by atoms with Crippen molar-refractivity contribution in [2.75, 3.05) is 26.4 Å². The van der Waals surface area contributed by atoms with Gasteiger partial charge in [0.15, 0.2) is 0 Å². The summed E-state index contributed by atoms with van der Waals surface area (Å²) in [6, 6.07) is -0.371. The first kappa shape index (κ1) is 17.6. The van der Waals surface area contributed by atoms with E-state index in [9.17, 15) is 4.79 Å². The topological polar surface area (TPSA) is 73.6 Å². The molecule has 5 nitrogen and oxygen atoms in total. The van der Waals surface area contributed by atoms with E-state index in [1.54, 1.807) is 0 Å². The predicted octanol–water partition coefficient (Wildman–Crippen LogP) is 0.847. The highest BCUT2D eigenvalue weighted by atomic mass is 35.5. The lowest BCUT2D eigenvalue weighted by Crippen LogP contribution is -2.41. The van der Waals surface area contributed by atoms with Gasteiger partial charge >= 0.3 is 0 Å². The fraction of sp³-hybridized carbons (Fsp3) is 0.917. The molecule has 1 amide bonds. The number of ether oxygens (including phenoxy) is 2. The van der Waals surface area contributed by atoms with Crippen molar-refractivity contribution < 1.29 is 14.3 Å². The first-order valence-corrected chi connectivity index (χ1v) is 6.46. The molecule has 0 aromatic carbocycles. The molecule has 3 N–H and O–H groups in total. The highest BCUT2D eigenvalue weighted by Crippen LogP contribution is 2.07. The smallest absolute Gasteiger partial charge is 0.236 e. The Balaban J connectivity index is 0.00000289. The molecule has 18 heavy (non-hydrogen) atoms. The molecule has 6 heteroatoms. The van der Waals surface area contributed by atoms with Crippen molar-refractivity contribution in [2.45, 2.75) is 44.8 Å². The van der Waals surface area contributed by atoms with E-state index in [4.69, 9.17) is 15.2 Å². The van der Waals surface area contributed by atoms with Crippen LogP contribution >= 0.6 is 12.4 Å². The van der Waals surface area contributed by atoms with Gasteiger partial charge in [-0.2, -0.15) is 0 Å². The Morgan fingerprint density at radius 2 is 2.39 bits per heavy atom. The van der Waals surface area contributed by atoms with Gasteiger partial charge in [-0.3, -0.25) is 4.79 Å². The van der Waals surface area contributed by atoms with E-state index in [0.717, 1.165) is 32.3 Å². The number of carbonyl (C=O) groups is 1. The molecule has 2 unspecified atom stereocenters. The highest BCUT2D eigenvalue weighted by molar-refractivity contribution is 5.85. The van der Waals surface area contributed by atoms with E-state index in [0.29, 0.717) is 19.8 Å². The summed E-state index contributed by atoms with van der Waals surface area (Å²) in [4.78, 5) is 11.5. The van der Waals surface area contributed by atoms with Gasteiger partial charge in [-0.25, -0.2) is 0 Å². The van der Waals surface area contributed by atoms with E-state index in [2.05, 4.69) is 5.32 Å². The van der Waals surface area contributed by atoms with Gasteiger partial charge in [0, 0.05) is 19.8 Å². The Labute approximate surface area is 115 Å². The van der Waals surface area contributed by atoms with Crippen LogP contribution in [0, 0.1) is 0 Å². The van der Waals surface area contributed by atoms with Crippen LogP contribution in [-0.2, 0) is 14.3 Å². The Morgan fingerprint density at radius 1 is 1.61 bits per heavy atom. The predicted molar refractivity (Wildman–Crippen MR) is 72.9 cm³/mol. The lowest BCUT2D eigenvalue weighted by molar-refractivity contribution is -0.122. The van der Waals surface area contributed by atoms with Crippen molar-refractivity contribution in [3.05, 3.63) is 0 Å². The zero-order valence-corrected chi connectivity index (χ0v) is 11.8. The molecule has 0 aliphatic carbocycles. The summed E-state index contributed by atoms with van der Waals surface area (Å²) in [5, 5.41) is 2.82. The number of carbonyl (C=O) groups excluding carboxylic acids is 1. The summed E-state index contributed by atoms with van der Waals surface area (Å²) in [7, 11) is 0. The van der Waals surface area contributed by atoms with Crippen molar-refractivity contribution in [1.29, 1.82) is 0 Å². The molecule has 0 bridgehead atoms. The van der Waals surface area contributed by atoms with Crippen LogP contribution in [0.15, 0.2) is 0 Å². The molecule has 1 aliphatic heterocycles. The van der Waals surface area contributed by atoms with Gasteiger partial charge in [-0.15, -0.1) is 12.4 Å². The quantitative estimate of drug-likeness (QED) is 0.647. The molecule has 1 rings (SSSR count). The van der Waals surface area contributed by atoms with E-state index >= 15 is 0 Å². The lowest BCUT2D eigenvalue weighted by atomic mass is 10.2. The number of amides is 1. The number of hydrogen-bond donors (Lipinski definition) is 2. The minimum Gasteiger partial charge on any atom is -0.379 e. The average Bonchev–Trinajstić information content (AvgIpc) is 2.81. The highest BCUT2D eigenvalue weighted by Gasteiger charge is 2.15. The molecule has 0 aromatic heterocycles. The standard InChI is InChI=1S/C12H24N2O3.ClH/c1-2-4-11(13)12(15)14-6-3-7-17-10-5-8-16-9-10;/h10-11H,2-9,13H2,1H3,(H,14,15);1H. The monoisotopic (exact) mass is 280 g/mol. The normalized spacial score (nSPS) is 20.2. The third-order valence-corrected chi connectivity index (χ3v) is 2.80. The SMILES string of the molecule is CCCC(N)C(=O)NCCCOC1CCOC1.Cl. The van der Waals surface area contributed by atoms with Crippen LogP contribution in [-0.4, -0.2) is 44.4 Å². The van der Waals surface area contributed by atoms with Gasteiger partial charge in [0.1, 0.15) is 0 Å². The largest absolute Gasteiger partial charge is 0.379 e. The summed E-state index contributed by atoms with van der Waals surface area (Å²) in [6.07, 6.45) is 3.71. The number of nitrogens with one attached hydrogen (secondary N) is 1. The third-order valence-electron chi connectivity index (χ3n) is 2.80. The summed E-state index contributed by atoms with van der Waals surface area (Å²) < 4.78 is 10.8. The Kier molecular flexibility index (Phi) is 10.3. The summed E-state index contributed by atoms with van der Waals surface area (Å²) >= 11 is 0. The summed E-state index contributed by atoms with van der Waals surface area (Å²) in [6.45, 7) is 4.81. The summed E-state index contributed by atoms with van der Waals surface area (Å²) in [5.74, 6) is -0.0592. The second kappa shape index (κ2) is 10.6. The molecular formula is C12H25ClN2O3. The van der Waals surface area contributed by atoms with Crippen molar-refractivity contribution in [2.24, 2.45) is 5.73 Å². The lowest BCUT2D eigenvalue weighted by Gasteiger charge is -2.12. The Bertz CT molecular complexity index is 223. The van der Waals surface area contributed by atoms with Crippen LogP contribution in [0.3, 0.4) is 0 Å². The molecule has 0 saturated carbocycles. The van der Waals surface area contributed by atoms with E-state index in [1.165, 1.54) is 0 Å². The summed E-state index contributed by atoms with van der Waals surface area (Å²) in [5.41, 5.74) is 5.68. The Morgan fingerprint density at radius 3 is 3.00 bits per heavy atom. The van der Waals surface area contributed by atoms with Crippen LogP contribution in [0.4, 0.5) is 0 Å². The Hall–Kier alpha value is -0.360. The number of rotatable bonds is 8. The fourth-order valence-electron chi connectivity index (χ4n) is 1.75. The molecule has 1 saturated heterocycles. The van der Waals surface area contributed by atoms with Crippen molar-refractivity contribution in [1.82, 2.24) is 5.32 Å². The first-order valence-electron chi connectivity index (χ1n) is 6.46. The zero-order chi connectivity index (χ0) is 12.5. The maximum absolute atomic E-state index is 11.5. The molecule has 1 heterocycles.